The first-order chi connectivity index (χ1) is 18.9. The molecule has 0 atom stereocenters. The molecule has 9 heteroatoms. The monoisotopic (exact) mass is 557 g/mol. The average molecular weight is 558 g/mol. The number of amides is 1. The number of aryl methyl sites for hydroxylation is 1. The third-order valence-electron chi connectivity index (χ3n) is 6.32. The van der Waals surface area contributed by atoms with Crippen molar-refractivity contribution in [2.45, 2.75) is 51.9 Å². The predicted octanol–water partition coefficient (Wildman–Crippen LogP) is 7.32. The van der Waals surface area contributed by atoms with Crippen LogP contribution in [-0.4, -0.2) is 31.4 Å². The maximum Gasteiger partial charge on any atom is 0.234 e. The van der Waals surface area contributed by atoms with Crippen LogP contribution in [0.15, 0.2) is 71.9 Å². The van der Waals surface area contributed by atoms with E-state index in [9.17, 15) is 4.79 Å². The lowest BCUT2D eigenvalue weighted by atomic mass is 10.0. The van der Waals surface area contributed by atoms with E-state index in [2.05, 4.69) is 66.6 Å². The molecule has 0 bridgehead atoms. The van der Waals surface area contributed by atoms with Crippen LogP contribution in [0.1, 0.15) is 43.6 Å². The highest BCUT2D eigenvalue weighted by Crippen LogP contribution is 2.31. The zero-order chi connectivity index (χ0) is 27.4. The number of thiazole rings is 1. The first-order valence-corrected chi connectivity index (χ1v) is 14.7. The lowest BCUT2D eigenvalue weighted by molar-refractivity contribution is -0.113. The largest absolute Gasteiger partial charge is 0.486 e. The molecule has 0 aliphatic heterocycles. The predicted molar refractivity (Wildman–Crippen MR) is 160 cm³/mol. The lowest BCUT2D eigenvalue weighted by Gasteiger charge is -2.10. The SMILES string of the molecule is CCn1c(COc2ccc(C(C)C)cc2)nnc1SCC(=O)Nc1ccc(-c2nc3ccc(C)cc3s2)cc1. The third kappa shape index (κ3) is 6.49. The molecule has 2 heterocycles. The Labute approximate surface area is 236 Å². The highest BCUT2D eigenvalue weighted by atomic mass is 32.2. The van der Waals surface area contributed by atoms with E-state index >= 15 is 0 Å². The van der Waals surface area contributed by atoms with Crippen LogP contribution >= 0.6 is 23.1 Å². The van der Waals surface area contributed by atoms with Crippen molar-refractivity contribution in [3.05, 3.63) is 83.7 Å². The highest BCUT2D eigenvalue weighted by molar-refractivity contribution is 7.99. The molecular weight excluding hydrogens is 526 g/mol. The van der Waals surface area contributed by atoms with Crippen LogP contribution in [0.5, 0.6) is 5.75 Å². The van der Waals surface area contributed by atoms with Crippen molar-refractivity contribution in [3.8, 4) is 16.3 Å². The normalized spacial score (nSPS) is 11.3. The quantitative estimate of drug-likeness (QED) is 0.181. The molecule has 39 heavy (non-hydrogen) atoms. The number of ether oxygens (including phenoxy) is 1. The fourth-order valence-electron chi connectivity index (χ4n) is 4.13. The molecule has 0 radical (unpaired) electrons. The van der Waals surface area contributed by atoms with Crippen molar-refractivity contribution in [3.63, 3.8) is 0 Å². The van der Waals surface area contributed by atoms with Crippen LogP contribution in [0.3, 0.4) is 0 Å². The number of nitrogens with one attached hydrogen (secondary N) is 1. The van der Waals surface area contributed by atoms with Crippen molar-refractivity contribution in [1.82, 2.24) is 19.7 Å². The first kappa shape index (κ1) is 26.9. The van der Waals surface area contributed by atoms with Gasteiger partial charge in [0.25, 0.3) is 0 Å². The summed E-state index contributed by atoms with van der Waals surface area (Å²) in [6.07, 6.45) is 0. The summed E-state index contributed by atoms with van der Waals surface area (Å²) in [5, 5.41) is 13.2. The van der Waals surface area contributed by atoms with Gasteiger partial charge in [0.2, 0.25) is 5.91 Å². The minimum Gasteiger partial charge on any atom is -0.486 e. The van der Waals surface area contributed by atoms with Gasteiger partial charge in [-0.3, -0.25) is 4.79 Å². The second kappa shape index (κ2) is 12.0. The molecule has 5 rings (SSSR count). The Hall–Kier alpha value is -3.69. The van der Waals surface area contributed by atoms with E-state index in [0.717, 1.165) is 33.3 Å². The Morgan fingerprint density at radius 1 is 1.05 bits per heavy atom. The van der Waals surface area contributed by atoms with E-state index in [1.165, 1.54) is 27.6 Å². The number of thioether (sulfide) groups is 1. The van der Waals surface area contributed by atoms with Gasteiger partial charge in [0, 0.05) is 17.8 Å². The van der Waals surface area contributed by atoms with Gasteiger partial charge >= 0.3 is 0 Å². The van der Waals surface area contributed by atoms with Crippen molar-refractivity contribution in [2.75, 3.05) is 11.1 Å². The molecule has 0 aliphatic rings. The molecule has 1 amide bonds. The molecule has 0 unspecified atom stereocenters. The fourth-order valence-corrected chi connectivity index (χ4v) is 6.02. The molecule has 0 aliphatic carbocycles. The van der Waals surface area contributed by atoms with E-state index < -0.39 is 0 Å². The topological polar surface area (TPSA) is 81.9 Å². The highest BCUT2D eigenvalue weighted by Gasteiger charge is 2.14. The summed E-state index contributed by atoms with van der Waals surface area (Å²) in [4.78, 5) is 17.4. The van der Waals surface area contributed by atoms with Gasteiger partial charge < -0.3 is 14.6 Å². The molecule has 0 saturated carbocycles. The molecule has 0 fully saturated rings. The summed E-state index contributed by atoms with van der Waals surface area (Å²) in [5.41, 5.74) is 5.28. The van der Waals surface area contributed by atoms with E-state index in [1.807, 2.05) is 47.9 Å². The molecule has 5 aromatic rings. The summed E-state index contributed by atoms with van der Waals surface area (Å²) in [6.45, 7) is 9.45. The molecule has 0 saturated heterocycles. The molecule has 200 valence electrons. The standard InChI is InChI=1S/C30H31N5O2S2/c1-5-35-27(17-37-24-13-9-21(10-14-24)19(2)3)33-34-30(35)38-18-28(36)31-23-11-7-22(8-12-23)29-32-25-15-6-20(4)16-26(25)39-29/h6-16,19H,5,17-18H2,1-4H3,(H,31,36). The van der Waals surface area contributed by atoms with Gasteiger partial charge in [0.05, 0.1) is 16.0 Å². The molecule has 3 aromatic carbocycles. The number of anilines is 1. The van der Waals surface area contributed by atoms with Gasteiger partial charge in [-0.15, -0.1) is 21.5 Å². The van der Waals surface area contributed by atoms with Crippen LogP contribution in [0, 0.1) is 6.92 Å². The van der Waals surface area contributed by atoms with Gasteiger partial charge in [-0.25, -0.2) is 4.98 Å². The molecule has 0 spiro atoms. The summed E-state index contributed by atoms with van der Waals surface area (Å²) in [6, 6.07) is 22.2. The maximum absolute atomic E-state index is 12.7. The van der Waals surface area contributed by atoms with E-state index in [0.29, 0.717) is 24.2 Å². The minimum absolute atomic E-state index is 0.100. The zero-order valence-corrected chi connectivity index (χ0v) is 24.1. The van der Waals surface area contributed by atoms with Gasteiger partial charge in [-0.2, -0.15) is 0 Å². The van der Waals surface area contributed by atoms with Gasteiger partial charge in [0.1, 0.15) is 17.4 Å². The van der Waals surface area contributed by atoms with Crippen LogP contribution < -0.4 is 10.1 Å². The Balaban J connectivity index is 1.15. The van der Waals surface area contributed by atoms with Gasteiger partial charge in [-0.1, -0.05) is 43.8 Å². The number of hydrogen-bond donors (Lipinski definition) is 1. The number of carbonyl (C=O) groups is 1. The zero-order valence-electron chi connectivity index (χ0n) is 22.5. The number of fused-ring (bicyclic) bond motifs is 1. The van der Waals surface area contributed by atoms with Crippen molar-refractivity contribution < 1.29 is 9.53 Å². The average Bonchev–Trinajstić information content (AvgIpc) is 3.54. The lowest BCUT2D eigenvalue weighted by Crippen LogP contribution is -2.15. The second-order valence-corrected chi connectivity index (χ2v) is 11.5. The molecular formula is C30H31N5O2S2. The number of hydrogen-bond acceptors (Lipinski definition) is 7. The second-order valence-electron chi connectivity index (χ2n) is 9.56. The minimum atomic E-state index is -0.100. The summed E-state index contributed by atoms with van der Waals surface area (Å²) < 4.78 is 9.09. The Morgan fingerprint density at radius 3 is 2.54 bits per heavy atom. The molecule has 7 nitrogen and oxygen atoms in total. The van der Waals surface area contributed by atoms with Crippen molar-refractivity contribution in [2.24, 2.45) is 0 Å². The van der Waals surface area contributed by atoms with Gasteiger partial charge in [-0.05, 0) is 79.4 Å². The summed E-state index contributed by atoms with van der Waals surface area (Å²) in [7, 11) is 0. The number of benzene rings is 3. The van der Waals surface area contributed by atoms with Crippen LogP contribution in [0.25, 0.3) is 20.8 Å². The first-order valence-electron chi connectivity index (χ1n) is 12.9. The number of aromatic nitrogens is 4. The van der Waals surface area contributed by atoms with Crippen LogP contribution in [-0.2, 0) is 17.9 Å². The van der Waals surface area contributed by atoms with Crippen molar-refractivity contribution in [1.29, 1.82) is 0 Å². The van der Waals surface area contributed by atoms with E-state index in [-0.39, 0.29) is 11.7 Å². The van der Waals surface area contributed by atoms with E-state index in [4.69, 9.17) is 9.72 Å². The van der Waals surface area contributed by atoms with Crippen LogP contribution in [0.4, 0.5) is 5.69 Å². The van der Waals surface area contributed by atoms with E-state index in [1.54, 1.807) is 11.3 Å². The molecule has 1 N–H and O–H groups in total. The van der Waals surface area contributed by atoms with Crippen molar-refractivity contribution >= 4 is 44.9 Å². The van der Waals surface area contributed by atoms with Gasteiger partial charge in [0.15, 0.2) is 11.0 Å². The Morgan fingerprint density at radius 2 is 1.82 bits per heavy atom. The smallest absolute Gasteiger partial charge is 0.234 e. The molecule has 2 aromatic heterocycles. The third-order valence-corrected chi connectivity index (χ3v) is 8.35. The number of carbonyl (C=O) groups excluding carboxylic acids is 1. The Kier molecular flexibility index (Phi) is 8.28. The maximum atomic E-state index is 12.7. The number of nitrogens with zero attached hydrogens (tertiary/aromatic N) is 4. The number of rotatable bonds is 10. The summed E-state index contributed by atoms with van der Waals surface area (Å²) >= 11 is 3.04. The van der Waals surface area contributed by atoms with Crippen LogP contribution in [0.2, 0.25) is 0 Å². The Bertz CT molecular complexity index is 1570. The fraction of sp³-hybridized carbons (Fsp3) is 0.267. The summed E-state index contributed by atoms with van der Waals surface area (Å²) in [5.74, 6) is 2.13.